The molecule has 0 bridgehead atoms. The van der Waals surface area contributed by atoms with E-state index in [4.69, 9.17) is 19.4 Å². The van der Waals surface area contributed by atoms with E-state index in [9.17, 15) is 18.0 Å². The van der Waals surface area contributed by atoms with E-state index in [0.29, 0.717) is 5.56 Å². The molecule has 0 aromatic heterocycles. The molecule has 28 heavy (non-hydrogen) atoms. The summed E-state index contributed by atoms with van der Waals surface area (Å²) in [7, 11) is -3.68. The van der Waals surface area contributed by atoms with Crippen LogP contribution in [0.25, 0.3) is 0 Å². The average Bonchev–Trinajstić information content (AvgIpc) is 2.49. The number of rotatable bonds is 8. The smallest absolute Gasteiger partial charge is 0.314 e. The molecule has 9 heteroatoms. The summed E-state index contributed by atoms with van der Waals surface area (Å²) in [4.78, 5) is 25.4. The molecule has 0 aliphatic heterocycles. The summed E-state index contributed by atoms with van der Waals surface area (Å²) in [5.41, 5.74) is 5.46. The maximum atomic E-state index is 12.9. The van der Waals surface area contributed by atoms with Crippen molar-refractivity contribution < 1.29 is 31.7 Å². The molecule has 0 amide bonds. The third-order valence-corrected chi connectivity index (χ3v) is 3.95. The van der Waals surface area contributed by atoms with Crippen molar-refractivity contribution in [1.82, 2.24) is 0 Å². The van der Waals surface area contributed by atoms with Crippen LogP contribution in [0.1, 0.15) is 46.1 Å². The molecule has 0 heterocycles. The van der Waals surface area contributed by atoms with Gasteiger partial charge < -0.3 is 19.4 Å². The van der Waals surface area contributed by atoms with Gasteiger partial charge in [-0.25, -0.2) is 0 Å². The Morgan fingerprint density at radius 1 is 1.07 bits per heavy atom. The van der Waals surface area contributed by atoms with Gasteiger partial charge in [0.05, 0.1) is 24.2 Å². The molecule has 2 atom stereocenters. The van der Waals surface area contributed by atoms with Crippen molar-refractivity contribution in [2.24, 2.45) is 11.7 Å². The number of carbonyl (C=O) groups is 2. The molecule has 2 unspecified atom stereocenters. The minimum Gasteiger partial charge on any atom is -0.463 e. The van der Waals surface area contributed by atoms with E-state index in [-0.39, 0.29) is 18.4 Å². The zero-order valence-corrected chi connectivity index (χ0v) is 17.9. The highest BCUT2D eigenvalue weighted by Crippen LogP contribution is 2.30. The first-order valence-corrected chi connectivity index (χ1v) is 10.7. The van der Waals surface area contributed by atoms with Gasteiger partial charge in [0.1, 0.15) is 11.4 Å². The van der Waals surface area contributed by atoms with E-state index in [1.165, 1.54) is 24.3 Å². The van der Waals surface area contributed by atoms with E-state index in [2.05, 4.69) is 0 Å². The molecule has 2 N–H and O–H groups in total. The van der Waals surface area contributed by atoms with E-state index in [1.807, 2.05) is 0 Å². The number of ether oxygens (including phenoxy) is 2. The van der Waals surface area contributed by atoms with Gasteiger partial charge in [-0.2, -0.15) is 8.42 Å². The maximum absolute atomic E-state index is 12.9. The Balaban J connectivity index is 3.29. The topological polar surface area (TPSA) is 122 Å². The number of hydrogen-bond acceptors (Lipinski definition) is 8. The summed E-state index contributed by atoms with van der Waals surface area (Å²) in [6.07, 6.45) is 0.558. The highest BCUT2D eigenvalue weighted by Gasteiger charge is 2.38. The average molecular weight is 416 g/mol. The Morgan fingerprint density at radius 2 is 1.61 bits per heavy atom. The Hall–Kier alpha value is -2.13. The lowest BCUT2D eigenvalue weighted by Crippen LogP contribution is -2.39. The van der Waals surface area contributed by atoms with Gasteiger partial charge in [0.25, 0.3) is 0 Å². The van der Waals surface area contributed by atoms with Gasteiger partial charge in [-0.05, 0) is 52.3 Å². The largest absolute Gasteiger partial charge is 0.463 e. The Bertz CT molecular complexity index is 779. The fourth-order valence-corrected chi connectivity index (χ4v) is 2.95. The fourth-order valence-electron chi connectivity index (χ4n) is 2.49. The van der Waals surface area contributed by atoms with Crippen LogP contribution in [0.4, 0.5) is 0 Å². The van der Waals surface area contributed by atoms with E-state index < -0.39 is 39.5 Å². The van der Waals surface area contributed by atoms with Crippen molar-refractivity contribution in [2.75, 3.05) is 12.8 Å². The minimum atomic E-state index is -3.68. The number of hydrogen-bond donors (Lipinski definition) is 1. The van der Waals surface area contributed by atoms with Crippen LogP contribution in [0.15, 0.2) is 24.3 Å². The highest BCUT2D eigenvalue weighted by molar-refractivity contribution is 7.86. The molecule has 1 aromatic rings. The zero-order chi connectivity index (χ0) is 21.7. The van der Waals surface area contributed by atoms with Crippen LogP contribution in [0, 0.1) is 5.92 Å². The fraction of sp³-hybridized carbons (Fsp3) is 0.579. The Labute approximate surface area is 166 Å². The lowest BCUT2D eigenvalue weighted by molar-refractivity contribution is -0.165. The van der Waals surface area contributed by atoms with Crippen molar-refractivity contribution in [3.8, 4) is 5.75 Å². The molecule has 0 fully saturated rings. The van der Waals surface area contributed by atoms with Crippen LogP contribution in [-0.4, -0.2) is 44.9 Å². The predicted octanol–water partition coefficient (Wildman–Crippen LogP) is 1.98. The molecule has 0 saturated carbocycles. The number of nitrogens with two attached hydrogens (primary N) is 1. The van der Waals surface area contributed by atoms with Gasteiger partial charge in [-0.3, -0.25) is 9.59 Å². The van der Waals surface area contributed by atoms with Gasteiger partial charge in [-0.1, -0.05) is 12.1 Å². The lowest BCUT2D eigenvalue weighted by atomic mass is 9.85. The van der Waals surface area contributed by atoms with Crippen LogP contribution in [0.2, 0.25) is 0 Å². The van der Waals surface area contributed by atoms with Crippen LogP contribution in [-0.2, 0) is 29.2 Å². The van der Waals surface area contributed by atoms with Gasteiger partial charge in [0.2, 0.25) is 0 Å². The molecular formula is C19H29NO7S. The molecule has 0 spiro atoms. The van der Waals surface area contributed by atoms with Gasteiger partial charge in [-0.15, -0.1) is 0 Å². The number of carbonyl (C=O) groups excluding carboxylic acids is 2. The Morgan fingerprint density at radius 3 is 2.00 bits per heavy atom. The normalized spacial score (nSPS) is 14.3. The van der Waals surface area contributed by atoms with Crippen LogP contribution in [0.3, 0.4) is 0 Å². The number of esters is 2. The first-order valence-electron chi connectivity index (χ1n) is 8.86. The Kier molecular flexibility index (Phi) is 8.01. The molecule has 1 aromatic carbocycles. The molecule has 0 aliphatic carbocycles. The summed E-state index contributed by atoms with van der Waals surface area (Å²) >= 11 is 0. The first kappa shape index (κ1) is 23.9. The number of benzene rings is 1. The molecule has 8 nitrogen and oxygen atoms in total. The summed E-state index contributed by atoms with van der Waals surface area (Å²) in [6, 6.07) is 5.80. The second-order valence-electron chi connectivity index (χ2n) is 7.70. The van der Waals surface area contributed by atoms with E-state index in [0.717, 1.165) is 6.26 Å². The highest BCUT2D eigenvalue weighted by atomic mass is 32.2. The molecule has 0 radical (unpaired) electrons. The first-order chi connectivity index (χ1) is 12.7. The molecule has 0 aliphatic rings. The zero-order valence-electron chi connectivity index (χ0n) is 17.1. The summed E-state index contributed by atoms with van der Waals surface area (Å²) in [5, 5.41) is 0. The summed E-state index contributed by atoms with van der Waals surface area (Å²) in [6.45, 7) is 8.42. The molecule has 1 rings (SSSR count). The van der Waals surface area contributed by atoms with Gasteiger partial charge >= 0.3 is 22.1 Å². The van der Waals surface area contributed by atoms with Crippen molar-refractivity contribution in [3.05, 3.63) is 29.8 Å². The van der Waals surface area contributed by atoms with Crippen molar-refractivity contribution in [2.45, 2.75) is 52.2 Å². The third-order valence-electron chi connectivity index (χ3n) is 3.46. The minimum absolute atomic E-state index is 0.0863. The molecule has 158 valence electrons. The standard InChI is InChI=1S/C19H29NO7S/c1-12(2)25-17(21)15(11-20)16(18(22)26-19(3,4)5)13-7-9-14(10-8-13)27-28(6,23)24/h7-10,12,15-16H,11,20H2,1-6H3. The van der Waals surface area contributed by atoms with E-state index in [1.54, 1.807) is 34.6 Å². The van der Waals surface area contributed by atoms with Gasteiger partial charge in [0, 0.05) is 6.54 Å². The van der Waals surface area contributed by atoms with Crippen molar-refractivity contribution >= 4 is 22.1 Å². The summed E-state index contributed by atoms with van der Waals surface area (Å²) < 4.78 is 38.0. The quantitative estimate of drug-likeness (QED) is 0.505. The monoisotopic (exact) mass is 415 g/mol. The van der Waals surface area contributed by atoms with Crippen LogP contribution in [0.5, 0.6) is 5.75 Å². The second-order valence-corrected chi connectivity index (χ2v) is 9.27. The third kappa shape index (κ3) is 7.85. The molecular weight excluding hydrogens is 386 g/mol. The molecule has 0 saturated heterocycles. The SMILES string of the molecule is CC(C)OC(=O)C(CN)C(C(=O)OC(C)(C)C)c1ccc(OS(C)(=O)=O)cc1. The maximum Gasteiger partial charge on any atom is 0.314 e. The summed E-state index contributed by atoms with van der Waals surface area (Å²) in [5.74, 6) is -3.12. The lowest BCUT2D eigenvalue weighted by Gasteiger charge is -2.28. The van der Waals surface area contributed by atoms with Crippen LogP contribution < -0.4 is 9.92 Å². The van der Waals surface area contributed by atoms with Crippen molar-refractivity contribution in [3.63, 3.8) is 0 Å². The van der Waals surface area contributed by atoms with Gasteiger partial charge in [0.15, 0.2) is 0 Å². The second kappa shape index (κ2) is 9.38. The van der Waals surface area contributed by atoms with E-state index >= 15 is 0 Å². The van der Waals surface area contributed by atoms with Crippen LogP contribution >= 0.6 is 0 Å². The van der Waals surface area contributed by atoms with Crippen molar-refractivity contribution in [1.29, 1.82) is 0 Å². The predicted molar refractivity (Wildman–Crippen MR) is 104 cm³/mol.